The minimum absolute atomic E-state index is 1.06. The summed E-state index contributed by atoms with van der Waals surface area (Å²) in [6, 6.07) is 0. The summed E-state index contributed by atoms with van der Waals surface area (Å²) >= 11 is 0. The molecule has 0 heterocycles. The lowest BCUT2D eigenvalue weighted by molar-refractivity contribution is 0.748. The van der Waals surface area contributed by atoms with E-state index in [1.165, 1.54) is 25.7 Å². The molecule has 2 radical (unpaired) electrons. The molecular weight excluding hydrogens is 96.1 g/mol. The zero-order valence-electron chi connectivity index (χ0n) is 5.82. The van der Waals surface area contributed by atoms with Gasteiger partial charge in [0.15, 0.2) is 0 Å². The van der Waals surface area contributed by atoms with Gasteiger partial charge >= 0.3 is 0 Å². The van der Waals surface area contributed by atoms with Crippen LogP contribution in [0.4, 0.5) is 0 Å². The molecule has 0 N–H and O–H groups in total. The molecule has 0 aliphatic heterocycles. The smallest absolute Gasteiger partial charge is 0.0386 e. The van der Waals surface area contributed by atoms with Crippen molar-refractivity contribution in [2.75, 3.05) is 0 Å². The van der Waals surface area contributed by atoms with Crippen LogP contribution < -0.4 is 0 Å². The summed E-state index contributed by atoms with van der Waals surface area (Å²) in [5, 5.41) is 0. The average molecular weight is 112 g/mol. The summed E-state index contributed by atoms with van der Waals surface area (Å²) in [6.45, 7) is 5.97. The minimum Gasteiger partial charge on any atom is -0.0654 e. The molecule has 0 aromatic rings. The molecule has 0 bridgehead atoms. The number of unbranched alkanes of at least 4 members (excludes halogenated alkanes) is 5. The Bertz CT molecular complexity index is 25.0. The van der Waals surface area contributed by atoms with E-state index in [1.807, 2.05) is 0 Å². The van der Waals surface area contributed by atoms with Crippen LogP contribution in [-0.2, 0) is 0 Å². The van der Waals surface area contributed by atoms with Crippen LogP contribution >= 0.6 is 0 Å². The molecule has 0 saturated heterocycles. The Hall–Kier alpha value is 0. The quantitative estimate of drug-likeness (QED) is 0.479. The molecule has 48 valence electrons. The van der Waals surface area contributed by atoms with Crippen molar-refractivity contribution < 1.29 is 0 Å². The van der Waals surface area contributed by atoms with Crippen molar-refractivity contribution in [1.29, 1.82) is 0 Å². The zero-order chi connectivity index (χ0) is 6.24. The van der Waals surface area contributed by atoms with Crippen molar-refractivity contribution >= 4 is 0 Å². The topological polar surface area (TPSA) is 0 Å². The Kier molecular flexibility index (Phi) is 7.00. The van der Waals surface area contributed by atoms with Gasteiger partial charge in [-0.2, -0.15) is 0 Å². The van der Waals surface area contributed by atoms with E-state index < -0.39 is 0 Å². The van der Waals surface area contributed by atoms with Crippen LogP contribution in [0.1, 0.15) is 39.0 Å². The SMILES string of the molecule is [CH2]CC[CH]CCCC. The third-order valence-corrected chi connectivity index (χ3v) is 1.17. The van der Waals surface area contributed by atoms with E-state index in [2.05, 4.69) is 20.3 Å². The molecule has 0 rings (SSSR count). The van der Waals surface area contributed by atoms with Gasteiger partial charge in [0.2, 0.25) is 0 Å². The lowest BCUT2D eigenvalue weighted by atomic mass is 10.1. The van der Waals surface area contributed by atoms with Crippen LogP contribution in [0.5, 0.6) is 0 Å². The van der Waals surface area contributed by atoms with Gasteiger partial charge < -0.3 is 0 Å². The fourth-order valence-electron chi connectivity index (χ4n) is 0.637. The first-order valence-electron chi connectivity index (χ1n) is 3.52. The third kappa shape index (κ3) is 6.00. The Balaban J connectivity index is 2.53. The summed E-state index contributed by atoms with van der Waals surface area (Å²) in [4.78, 5) is 0. The fraction of sp³-hybridized carbons (Fsp3) is 0.750. The van der Waals surface area contributed by atoms with Gasteiger partial charge in [-0.05, 0) is 6.42 Å². The van der Waals surface area contributed by atoms with Crippen molar-refractivity contribution in [3.63, 3.8) is 0 Å². The van der Waals surface area contributed by atoms with Crippen molar-refractivity contribution in [3.05, 3.63) is 13.3 Å². The van der Waals surface area contributed by atoms with Gasteiger partial charge in [0.1, 0.15) is 0 Å². The van der Waals surface area contributed by atoms with Gasteiger partial charge in [0, 0.05) is 0 Å². The monoisotopic (exact) mass is 112 g/mol. The van der Waals surface area contributed by atoms with Crippen molar-refractivity contribution in [1.82, 2.24) is 0 Å². The van der Waals surface area contributed by atoms with E-state index >= 15 is 0 Å². The van der Waals surface area contributed by atoms with Gasteiger partial charge in [0.05, 0.1) is 0 Å². The molecule has 0 aromatic heterocycles. The first-order chi connectivity index (χ1) is 3.91. The first kappa shape index (κ1) is 8.00. The second-order valence-corrected chi connectivity index (χ2v) is 2.07. The van der Waals surface area contributed by atoms with Crippen LogP contribution in [0, 0.1) is 13.3 Å². The predicted molar refractivity (Wildman–Crippen MR) is 38.4 cm³/mol. The van der Waals surface area contributed by atoms with Crippen molar-refractivity contribution in [2.24, 2.45) is 0 Å². The van der Waals surface area contributed by atoms with Crippen LogP contribution in [0.2, 0.25) is 0 Å². The lowest BCUT2D eigenvalue weighted by Gasteiger charge is -1.93. The normalized spacial score (nSPS) is 9.75. The Morgan fingerprint density at radius 1 is 1.38 bits per heavy atom. The van der Waals surface area contributed by atoms with E-state index in [-0.39, 0.29) is 0 Å². The van der Waals surface area contributed by atoms with E-state index in [0.717, 1.165) is 6.42 Å². The highest BCUT2D eigenvalue weighted by atomic mass is 13.9. The molecule has 0 fully saturated rings. The van der Waals surface area contributed by atoms with E-state index in [4.69, 9.17) is 0 Å². The highest BCUT2D eigenvalue weighted by Gasteiger charge is 1.83. The van der Waals surface area contributed by atoms with E-state index in [1.54, 1.807) is 0 Å². The van der Waals surface area contributed by atoms with Crippen molar-refractivity contribution in [3.8, 4) is 0 Å². The van der Waals surface area contributed by atoms with E-state index in [0.29, 0.717) is 0 Å². The molecule has 0 amide bonds. The molecule has 0 unspecified atom stereocenters. The van der Waals surface area contributed by atoms with Gasteiger partial charge in [-0.15, -0.1) is 0 Å². The molecular formula is C8H16. The zero-order valence-corrected chi connectivity index (χ0v) is 5.82. The standard InChI is InChI=1S/C8H16/c1-3-5-7-8-6-4-2/h7H,1,3-6,8H2,2H3. The summed E-state index contributed by atoms with van der Waals surface area (Å²) in [6.07, 6.45) is 8.53. The second-order valence-electron chi connectivity index (χ2n) is 2.07. The molecule has 0 spiro atoms. The molecule has 0 heteroatoms. The predicted octanol–water partition coefficient (Wildman–Crippen LogP) is 3.00. The first-order valence-corrected chi connectivity index (χ1v) is 3.52. The fourth-order valence-corrected chi connectivity index (χ4v) is 0.637. The molecule has 0 atom stereocenters. The Morgan fingerprint density at radius 3 is 2.62 bits per heavy atom. The number of rotatable bonds is 5. The lowest BCUT2D eigenvalue weighted by Crippen LogP contribution is -1.75. The second kappa shape index (κ2) is 7.00. The molecule has 0 nitrogen and oxygen atoms in total. The number of hydrogen-bond donors (Lipinski definition) is 0. The number of hydrogen-bond acceptors (Lipinski definition) is 0. The van der Waals surface area contributed by atoms with Gasteiger partial charge in [-0.1, -0.05) is 46.0 Å². The molecule has 0 aliphatic rings. The maximum absolute atomic E-state index is 3.75. The summed E-state index contributed by atoms with van der Waals surface area (Å²) in [7, 11) is 0. The largest absolute Gasteiger partial charge is 0.0654 e. The highest BCUT2D eigenvalue weighted by molar-refractivity contribution is 4.63. The Labute approximate surface area is 53.3 Å². The van der Waals surface area contributed by atoms with Crippen LogP contribution in [0.15, 0.2) is 0 Å². The minimum atomic E-state index is 1.06. The van der Waals surface area contributed by atoms with Crippen molar-refractivity contribution in [2.45, 2.75) is 39.0 Å². The summed E-state index contributed by atoms with van der Waals surface area (Å²) in [5.41, 5.74) is 0. The molecule has 0 saturated carbocycles. The average Bonchev–Trinajstić information content (AvgIpc) is 1.81. The van der Waals surface area contributed by atoms with Crippen LogP contribution in [0.3, 0.4) is 0 Å². The molecule has 0 aliphatic carbocycles. The Morgan fingerprint density at radius 2 is 2.12 bits per heavy atom. The van der Waals surface area contributed by atoms with Crippen LogP contribution in [-0.4, -0.2) is 0 Å². The van der Waals surface area contributed by atoms with E-state index in [9.17, 15) is 0 Å². The molecule has 0 aromatic carbocycles. The summed E-state index contributed by atoms with van der Waals surface area (Å²) in [5.74, 6) is 0. The highest BCUT2D eigenvalue weighted by Crippen LogP contribution is 2.01. The summed E-state index contributed by atoms with van der Waals surface area (Å²) < 4.78 is 0. The maximum Gasteiger partial charge on any atom is -0.0386 e. The van der Waals surface area contributed by atoms with Gasteiger partial charge in [0.25, 0.3) is 0 Å². The maximum atomic E-state index is 3.75. The third-order valence-electron chi connectivity index (χ3n) is 1.17. The molecule has 8 heavy (non-hydrogen) atoms. The van der Waals surface area contributed by atoms with Gasteiger partial charge in [-0.25, -0.2) is 0 Å². The van der Waals surface area contributed by atoms with Crippen LogP contribution in [0.25, 0.3) is 0 Å². The van der Waals surface area contributed by atoms with Gasteiger partial charge in [-0.3, -0.25) is 0 Å².